The first kappa shape index (κ1) is 18.1. The quantitative estimate of drug-likeness (QED) is 0.651. The van der Waals surface area contributed by atoms with Crippen LogP contribution < -0.4 is 16.5 Å². The minimum atomic E-state index is -0.440. The van der Waals surface area contributed by atoms with Gasteiger partial charge < -0.3 is 11.1 Å². The first-order chi connectivity index (χ1) is 11.0. The van der Waals surface area contributed by atoms with Crippen molar-refractivity contribution in [2.45, 2.75) is 37.7 Å². The van der Waals surface area contributed by atoms with Crippen LogP contribution in [0.25, 0.3) is 0 Å². The highest BCUT2D eigenvalue weighted by Gasteiger charge is 2.24. The van der Waals surface area contributed by atoms with Crippen molar-refractivity contribution in [3.8, 4) is 0 Å². The summed E-state index contributed by atoms with van der Waals surface area (Å²) in [6.07, 6.45) is 1.76. The Bertz CT molecular complexity index is 529. The number of amides is 1. The Morgan fingerprint density at radius 3 is 2.87 bits per heavy atom. The third-order valence-corrected chi connectivity index (χ3v) is 4.45. The molecule has 3 unspecified atom stereocenters. The number of carbonyl (C=O) groups is 1. The van der Waals surface area contributed by atoms with Gasteiger partial charge in [0.1, 0.15) is 0 Å². The monoisotopic (exact) mass is 306 g/mol. The van der Waals surface area contributed by atoms with E-state index in [-0.39, 0.29) is 17.9 Å². The summed E-state index contributed by atoms with van der Waals surface area (Å²) in [5.74, 6) is -0.472. The van der Waals surface area contributed by atoms with Gasteiger partial charge in [-0.05, 0) is 24.7 Å². The van der Waals surface area contributed by atoms with Crippen LogP contribution in [0, 0.1) is 0 Å². The minimum absolute atomic E-state index is 0.0239. The van der Waals surface area contributed by atoms with E-state index < -0.39 is 5.94 Å². The van der Waals surface area contributed by atoms with Crippen LogP contribution in [0.4, 0.5) is 0 Å². The summed E-state index contributed by atoms with van der Waals surface area (Å²) in [5, 5.41) is 2.92. The molecular formula is C16H23B3N3O. The number of likely N-dealkylation sites (tertiary alicyclic amines) is 1. The number of nitrogens with two attached hydrogens (primary N) is 1. The van der Waals surface area contributed by atoms with Crippen molar-refractivity contribution >= 4 is 34.1 Å². The van der Waals surface area contributed by atoms with E-state index in [1.165, 1.54) is 0 Å². The van der Waals surface area contributed by atoms with E-state index in [1.807, 2.05) is 24.3 Å². The summed E-state index contributed by atoms with van der Waals surface area (Å²) in [5.41, 5.74) is 7.88. The third kappa shape index (κ3) is 4.89. The molecule has 1 fully saturated rings. The summed E-state index contributed by atoms with van der Waals surface area (Å²) >= 11 is 0. The molecule has 1 aromatic carbocycles. The zero-order valence-corrected chi connectivity index (χ0v) is 13.7. The zero-order chi connectivity index (χ0) is 16.8. The van der Waals surface area contributed by atoms with Gasteiger partial charge in [0.25, 0.3) is 0 Å². The molecular weight excluding hydrogens is 283 g/mol. The fourth-order valence-electron chi connectivity index (χ4n) is 3.21. The van der Waals surface area contributed by atoms with Crippen molar-refractivity contribution in [2.24, 2.45) is 5.73 Å². The van der Waals surface area contributed by atoms with Gasteiger partial charge in [-0.2, -0.15) is 0 Å². The summed E-state index contributed by atoms with van der Waals surface area (Å²) in [6, 6.07) is 8.05. The number of nitrogens with one attached hydrogen (secondary N) is 1. The highest BCUT2D eigenvalue weighted by atomic mass is 16.2. The van der Waals surface area contributed by atoms with E-state index in [2.05, 4.69) is 17.1 Å². The lowest BCUT2D eigenvalue weighted by molar-refractivity contribution is -0.122. The highest BCUT2D eigenvalue weighted by molar-refractivity contribution is 6.97. The summed E-state index contributed by atoms with van der Waals surface area (Å²) in [4.78, 5) is 14.3. The topological polar surface area (TPSA) is 58.4 Å². The molecule has 0 aromatic heterocycles. The maximum atomic E-state index is 12.2. The number of hydrogen-bond donors (Lipinski definition) is 2. The Hall–Kier alpha value is -1.20. The number of rotatable bonds is 7. The molecule has 1 aromatic rings. The SMILES string of the molecule is [B][B]c1ccccc1C(CC)C([B])NC(=O)CN1CCC(N)C1. The van der Waals surface area contributed by atoms with Gasteiger partial charge in [0, 0.05) is 26.9 Å². The first-order valence-corrected chi connectivity index (χ1v) is 8.21. The Labute approximate surface area is 142 Å². The Morgan fingerprint density at radius 2 is 2.26 bits per heavy atom. The third-order valence-electron chi connectivity index (χ3n) is 4.45. The number of hydrogen-bond acceptors (Lipinski definition) is 3. The van der Waals surface area contributed by atoms with Gasteiger partial charge in [-0.25, -0.2) is 0 Å². The molecule has 1 saturated heterocycles. The van der Waals surface area contributed by atoms with Gasteiger partial charge >= 0.3 is 0 Å². The van der Waals surface area contributed by atoms with E-state index in [0.717, 1.165) is 37.0 Å². The van der Waals surface area contributed by atoms with E-state index in [9.17, 15) is 4.79 Å². The lowest BCUT2D eigenvalue weighted by Crippen LogP contribution is -2.45. The van der Waals surface area contributed by atoms with Crippen LogP contribution in [0.3, 0.4) is 0 Å². The van der Waals surface area contributed by atoms with Gasteiger partial charge in [0.15, 0.2) is 0 Å². The Morgan fingerprint density at radius 1 is 1.52 bits per heavy atom. The summed E-state index contributed by atoms with van der Waals surface area (Å²) < 4.78 is 0. The molecule has 0 bridgehead atoms. The van der Waals surface area contributed by atoms with Crippen LogP contribution in [-0.4, -0.2) is 65.2 Å². The summed E-state index contributed by atoms with van der Waals surface area (Å²) in [7, 11) is 13.5. The van der Waals surface area contributed by atoms with E-state index in [0.29, 0.717) is 6.54 Å². The smallest absolute Gasteiger partial charge is 0.233 e. The molecule has 4 nitrogen and oxygen atoms in total. The molecule has 117 valence electrons. The first-order valence-electron chi connectivity index (χ1n) is 8.21. The second kappa shape index (κ2) is 8.60. The number of carbonyl (C=O) groups excluding carboxylic acids is 1. The van der Waals surface area contributed by atoms with Crippen molar-refractivity contribution in [1.82, 2.24) is 10.2 Å². The molecule has 0 spiro atoms. The number of nitrogens with zero attached hydrogens (tertiary/aromatic N) is 1. The molecule has 3 atom stereocenters. The molecule has 2 rings (SSSR count). The zero-order valence-electron chi connectivity index (χ0n) is 13.7. The maximum absolute atomic E-state index is 12.2. The van der Waals surface area contributed by atoms with E-state index in [4.69, 9.17) is 21.3 Å². The predicted octanol–water partition coefficient (Wildman–Crippen LogP) is -0.763. The molecule has 1 heterocycles. The van der Waals surface area contributed by atoms with Crippen molar-refractivity contribution in [1.29, 1.82) is 0 Å². The Balaban J connectivity index is 1.96. The van der Waals surface area contributed by atoms with Gasteiger partial charge in [0.2, 0.25) is 5.91 Å². The minimum Gasteiger partial charge on any atom is -0.360 e. The molecule has 0 aliphatic carbocycles. The maximum Gasteiger partial charge on any atom is 0.233 e. The normalized spacial score (nSPS) is 20.9. The van der Waals surface area contributed by atoms with Crippen molar-refractivity contribution in [2.75, 3.05) is 19.6 Å². The average Bonchev–Trinajstić information content (AvgIpc) is 2.93. The summed E-state index contributed by atoms with van der Waals surface area (Å²) in [6.45, 7) is 4.04. The lowest BCUT2D eigenvalue weighted by atomic mass is 9.49. The van der Waals surface area contributed by atoms with Gasteiger partial charge in [-0.1, -0.05) is 42.2 Å². The van der Waals surface area contributed by atoms with E-state index in [1.54, 1.807) is 7.17 Å². The molecule has 1 aliphatic rings. The molecule has 23 heavy (non-hydrogen) atoms. The second-order valence-electron chi connectivity index (χ2n) is 6.19. The molecule has 1 amide bonds. The fraction of sp³-hybridized carbons (Fsp3) is 0.562. The predicted molar refractivity (Wildman–Crippen MR) is 97.3 cm³/mol. The van der Waals surface area contributed by atoms with Gasteiger partial charge in [-0.15, -0.1) is 0 Å². The largest absolute Gasteiger partial charge is 0.360 e. The molecule has 5 radical (unpaired) electrons. The van der Waals surface area contributed by atoms with Crippen LogP contribution in [0.5, 0.6) is 0 Å². The average molecular weight is 306 g/mol. The van der Waals surface area contributed by atoms with Crippen LogP contribution in [-0.2, 0) is 4.79 Å². The van der Waals surface area contributed by atoms with Gasteiger partial charge in [-0.3, -0.25) is 9.69 Å². The number of benzene rings is 1. The van der Waals surface area contributed by atoms with Crippen LogP contribution >= 0.6 is 0 Å². The van der Waals surface area contributed by atoms with Crippen molar-refractivity contribution < 1.29 is 4.79 Å². The van der Waals surface area contributed by atoms with E-state index >= 15 is 0 Å². The molecule has 3 N–H and O–H groups in total. The van der Waals surface area contributed by atoms with Crippen LogP contribution in [0.15, 0.2) is 24.3 Å². The lowest BCUT2D eigenvalue weighted by Gasteiger charge is -2.27. The van der Waals surface area contributed by atoms with Crippen molar-refractivity contribution in [3.05, 3.63) is 29.8 Å². The van der Waals surface area contributed by atoms with Crippen molar-refractivity contribution in [3.63, 3.8) is 0 Å². The molecule has 1 aliphatic heterocycles. The van der Waals surface area contributed by atoms with Gasteiger partial charge in [0.05, 0.1) is 21.6 Å². The Kier molecular flexibility index (Phi) is 6.79. The standard InChI is InChI=1S/C16H23B3N3O/c1-2-12(13-5-3-4-6-14(13)19-18)16(17)21-15(23)10-22-8-7-11(20)9-22/h3-6,11-12,16H,2,7-10,20H2,1H3,(H,21,23). The highest BCUT2D eigenvalue weighted by Crippen LogP contribution is 2.20. The van der Waals surface area contributed by atoms with Crippen LogP contribution in [0.1, 0.15) is 31.2 Å². The van der Waals surface area contributed by atoms with Crippen LogP contribution in [0.2, 0.25) is 0 Å². The molecule has 0 saturated carbocycles. The second-order valence-corrected chi connectivity index (χ2v) is 6.19. The fourth-order valence-corrected chi connectivity index (χ4v) is 3.21. The molecule has 7 heteroatoms.